The summed E-state index contributed by atoms with van der Waals surface area (Å²) < 4.78 is 7.08. The molecule has 4 nitrogen and oxygen atoms in total. The minimum Gasteiger partial charge on any atom is -0.459 e. The van der Waals surface area contributed by atoms with Gasteiger partial charge in [-0.15, -0.1) is 11.3 Å². The van der Waals surface area contributed by atoms with E-state index in [-0.39, 0.29) is 11.7 Å². The molecular formula is C17H16N2O2S. The first-order valence-corrected chi connectivity index (χ1v) is 7.89. The molecule has 3 aromatic rings. The van der Waals surface area contributed by atoms with Gasteiger partial charge >= 0.3 is 5.91 Å². The highest BCUT2D eigenvalue weighted by Crippen LogP contribution is 2.25. The molecule has 5 heteroatoms. The number of carbonyl (C=O) groups excluding carboxylic acids is 1. The molecule has 0 saturated carbocycles. The third-order valence-electron chi connectivity index (χ3n) is 3.40. The van der Waals surface area contributed by atoms with Gasteiger partial charge in [0.15, 0.2) is 10.6 Å². The Labute approximate surface area is 132 Å². The molecule has 0 spiro atoms. The number of carbonyl (C=O) groups is 1. The smallest absolute Gasteiger partial charge is 0.315 e. The zero-order valence-corrected chi connectivity index (χ0v) is 13.3. The number of rotatable bonds is 3. The third-order valence-corrected chi connectivity index (χ3v) is 4.67. The van der Waals surface area contributed by atoms with Crippen LogP contribution >= 0.6 is 11.3 Å². The minimum absolute atomic E-state index is 0.257. The predicted molar refractivity (Wildman–Crippen MR) is 86.7 cm³/mol. The van der Waals surface area contributed by atoms with Crippen molar-refractivity contribution in [2.45, 2.75) is 13.3 Å². The highest BCUT2D eigenvalue weighted by atomic mass is 32.1. The Morgan fingerprint density at radius 2 is 2.00 bits per heavy atom. The average Bonchev–Trinajstić information content (AvgIpc) is 3.17. The van der Waals surface area contributed by atoms with Gasteiger partial charge in [0, 0.05) is 11.9 Å². The van der Waals surface area contributed by atoms with Gasteiger partial charge in [-0.05, 0) is 24.1 Å². The maximum atomic E-state index is 12.1. The Bertz CT molecular complexity index is 843. The molecule has 0 N–H and O–H groups in total. The van der Waals surface area contributed by atoms with E-state index in [0.717, 1.165) is 17.7 Å². The SMILES string of the molecule is CCc1sc(=NC(=O)c2ccco2)n(C)c1-c1ccccc1. The topological polar surface area (TPSA) is 47.5 Å². The van der Waals surface area contributed by atoms with E-state index in [1.54, 1.807) is 23.5 Å². The monoisotopic (exact) mass is 312 g/mol. The molecule has 0 radical (unpaired) electrons. The lowest BCUT2D eigenvalue weighted by Gasteiger charge is -2.05. The van der Waals surface area contributed by atoms with Crippen molar-refractivity contribution in [1.82, 2.24) is 4.57 Å². The minimum atomic E-state index is -0.357. The second kappa shape index (κ2) is 6.15. The van der Waals surface area contributed by atoms with Gasteiger partial charge in [-0.2, -0.15) is 4.99 Å². The molecule has 1 amide bonds. The number of aryl methyl sites for hydroxylation is 1. The number of nitrogens with zero attached hydrogens (tertiary/aromatic N) is 2. The number of hydrogen-bond acceptors (Lipinski definition) is 3. The summed E-state index contributed by atoms with van der Waals surface area (Å²) in [5, 5.41) is 0. The van der Waals surface area contributed by atoms with Crippen LogP contribution in [0.25, 0.3) is 11.3 Å². The molecule has 0 unspecified atom stereocenters. The Kier molecular flexibility index (Phi) is 4.06. The van der Waals surface area contributed by atoms with E-state index >= 15 is 0 Å². The maximum absolute atomic E-state index is 12.1. The standard InChI is InChI=1S/C17H16N2O2S/c1-3-14-15(12-8-5-4-6-9-12)19(2)17(22-14)18-16(20)13-10-7-11-21-13/h4-11H,3H2,1-2H3. The van der Waals surface area contributed by atoms with Crippen molar-refractivity contribution in [2.24, 2.45) is 12.0 Å². The van der Waals surface area contributed by atoms with Gasteiger partial charge < -0.3 is 8.98 Å². The highest BCUT2D eigenvalue weighted by molar-refractivity contribution is 7.09. The van der Waals surface area contributed by atoms with Gasteiger partial charge in [0.1, 0.15) is 0 Å². The first-order chi connectivity index (χ1) is 10.7. The number of aromatic nitrogens is 1. The van der Waals surface area contributed by atoms with Crippen LogP contribution in [-0.4, -0.2) is 10.5 Å². The van der Waals surface area contributed by atoms with Crippen LogP contribution in [0.1, 0.15) is 22.4 Å². The van der Waals surface area contributed by atoms with Crippen LogP contribution in [-0.2, 0) is 13.5 Å². The fourth-order valence-electron chi connectivity index (χ4n) is 2.34. The summed E-state index contributed by atoms with van der Waals surface area (Å²) in [5.74, 6) is -0.100. The van der Waals surface area contributed by atoms with Crippen LogP contribution in [0.15, 0.2) is 58.1 Å². The summed E-state index contributed by atoms with van der Waals surface area (Å²) in [4.78, 5) is 18.2. The van der Waals surface area contributed by atoms with E-state index in [1.807, 2.05) is 29.8 Å². The summed E-state index contributed by atoms with van der Waals surface area (Å²) in [7, 11) is 1.94. The van der Waals surface area contributed by atoms with Crippen LogP contribution in [0, 0.1) is 0 Å². The van der Waals surface area contributed by atoms with Crippen LogP contribution in [0.4, 0.5) is 0 Å². The van der Waals surface area contributed by atoms with Crippen molar-refractivity contribution in [1.29, 1.82) is 0 Å². The van der Waals surface area contributed by atoms with Crippen molar-refractivity contribution < 1.29 is 9.21 Å². The average molecular weight is 312 g/mol. The molecule has 0 fully saturated rings. The zero-order chi connectivity index (χ0) is 15.5. The van der Waals surface area contributed by atoms with Crippen LogP contribution in [0.2, 0.25) is 0 Å². The number of amides is 1. The summed E-state index contributed by atoms with van der Waals surface area (Å²) in [6.45, 7) is 2.11. The fourth-order valence-corrected chi connectivity index (χ4v) is 3.41. The molecule has 0 aliphatic carbocycles. The lowest BCUT2D eigenvalue weighted by atomic mass is 10.1. The van der Waals surface area contributed by atoms with Crippen molar-refractivity contribution in [3.8, 4) is 11.3 Å². The molecule has 112 valence electrons. The lowest BCUT2D eigenvalue weighted by molar-refractivity contribution is 0.0971. The molecule has 0 bridgehead atoms. The summed E-state index contributed by atoms with van der Waals surface area (Å²) >= 11 is 1.54. The number of hydrogen-bond donors (Lipinski definition) is 0. The second-order valence-corrected chi connectivity index (χ2v) is 5.89. The van der Waals surface area contributed by atoms with Crippen molar-refractivity contribution >= 4 is 17.2 Å². The van der Waals surface area contributed by atoms with E-state index in [2.05, 4.69) is 24.0 Å². The Morgan fingerprint density at radius 3 is 2.64 bits per heavy atom. The van der Waals surface area contributed by atoms with E-state index in [4.69, 9.17) is 4.42 Å². The number of thiazole rings is 1. The van der Waals surface area contributed by atoms with Crippen LogP contribution in [0.5, 0.6) is 0 Å². The molecule has 0 aliphatic rings. The molecule has 0 saturated heterocycles. The first-order valence-electron chi connectivity index (χ1n) is 7.07. The lowest BCUT2D eigenvalue weighted by Crippen LogP contribution is -2.14. The maximum Gasteiger partial charge on any atom is 0.315 e. The van der Waals surface area contributed by atoms with Gasteiger partial charge in [-0.25, -0.2) is 0 Å². The van der Waals surface area contributed by atoms with Crippen molar-refractivity contribution in [3.05, 3.63) is 64.2 Å². The van der Waals surface area contributed by atoms with Gasteiger partial charge in [0.2, 0.25) is 0 Å². The summed E-state index contributed by atoms with van der Waals surface area (Å²) in [5.41, 5.74) is 2.24. The molecular weight excluding hydrogens is 296 g/mol. The third kappa shape index (κ3) is 2.67. The Hall–Kier alpha value is -2.40. The molecule has 1 aromatic carbocycles. The normalized spacial score (nSPS) is 11.8. The first kappa shape index (κ1) is 14.5. The van der Waals surface area contributed by atoms with Gasteiger partial charge in [0.25, 0.3) is 0 Å². The molecule has 0 aliphatic heterocycles. The predicted octanol–water partition coefficient (Wildman–Crippen LogP) is 3.65. The summed E-state index contributed by atoms with van der Waals surface area (Å²) in [6.07, 6.45) is 2.37. The largest absolute Gasteiger partial charge is 0.459 e. The van der Waals surface area contributed by atoms with Crippen LogP contribution < -0.4 is 4.80 Å². The van der Waals surface area contributed by atoms with Gasteiger partial charge in [-0.3, -0.25) is 4.79 Å². The van der Waals surface area contributed by atoms with E-state index in [1.165, 1.54) is 11.1 Å². The molecule has 3 rings (SSSR count). The number of furan rings is 1. The molecule has 22 heavy (non-hydrogen) atoms. The highest BCUT2D eigenvalue weighted by Gasteiger charge is 2.13. The zero-order valence-electron chi connectivity index (χ0n) is 12.4. The van der Waals surface area contributed by atoms with Crippen molar-refractivity contribution in [3.63, 3.8) is 0 Å². The van der Waals surface area contributed by atoms with E-state index in [0.29, 0.717) is 4.80 Å². The number of benzene rings is 1. The van der Waals surface area contributed by atoms with Crippen molar-refractivity contribution in [2.75, 3.05) is 0 Å². The Balaban J connectivity index is 2.11. The van der Waals surface area contributed by atoms with Gasteiger partial charge in [-0.1, -0.05) is 37.3 Å². The quantitative estimate of drug-likeness (QED) is 0.741. The Morgan fingerprint density at radius 1 is 1.23 bits per heavy atom. The molecule has 2 aromatic heterocycles. The van der Waals surface area contributed by atoms with E-state index in [9.17, 15) is 4.79 Å². The van der Waals surface area contributed by atoms with Gasteiger partial charge in [0.05, 0.1) is 12.0 Å². The second-order valence-electron chi connectivity index (χ2n) is 4.83. The molecule has 2 heterocycles. The van der Waals surface area contributed by atoms with Crippen LogP contribution in [0.3, 0.4) is 0 Å². The summed E-state index contributed by atoms with van der Waals surface area (Å²) in [6, 6.07) is 13.5. The molecule has 0 atom stereocenters. The fraction of sp³-hybridized carbons (Fsp3) is 0.176. The van der Waals surface area contributed by atoms with E-state index < -0.39 is 0 Å².